The Kier molecular flexibility index (Phi) is 5.11. The maximum Gasteiger partial charge on any atom is 0.263 e. The number of benzene rings is 1. The second-order valence-corrected chi connectivity index (χ2v) is 5.41. The van der Waals surface area contributed by atoms with Crippen LogP contribution in [0.4, 0.5) is 13.2 Å². The SMILES string of the molecule is CCn1c(C)cc(C)c(C(=O)NCc2ccc(F)c(F)c2F)c1=O. The van der Waals surface area contributed by atoms with Gasteiger partial charge in [0.25, 0.3) is 11.5 Å². The van der Waals surface area contributed by atoms with Gasteiger partial charge in [-0.25, -0.2) is 13.2 Å². The van der Waals surface area contributed by atoms with Crippen LogP contribution >= 0.6 is 0 Å². The quantitative estimate of drug-likeness (QED) is 0.872. The van der Waals surface area contributed by atoms with E-state index in [4.69, 9.17) is 0 Å². The van der Waals surface area contributed by atoms with Crippen LogP contribution in [0.2, 0.25) is 0 Å². The van der Waals surface area contributed by atoms with Crippen molar-refractivity contribution in [2.45, 2.75) is 33.9 Å². The van der Waals surface area contributed by atoms with Crippen molar-refractivity contribution in [2.24, 2.45) is 0 Å². The lowest BCUT2D eigenvalue weighted by Gasteiger charge is -2.13. The smallest absolute Gasteiger partial charge is 0.263 e. The highest BCUT2D eigenvalue weighted by molar-refractivity contribution is 5.95. The Morgan fingerprint density at radius 2 is 1.83 bits per heavy atom. The summed E-state index contributed by atoms with van der Waals surface area (Å²) < 4.78 is 41.2. The lowest BCUT2D eigenvalue weighted by molar-refractivity contribution is 0.0947. The van der Waals surface area contributed by atoms with Gasteiger partial charge in [-0.05, 0) is 38.5 Å². The number of aryl methyl sites for hydroxylation is 2. The van der Waals surface area contributed by atoms with Crippen LogP contribution in [0.1, 0.15) is 34.1 Å². The minimum atomic E-state index is -1.60. The number of nitrogens with zero attached hydrogens (tertiary/aromatic N) is 1. The molecule has 0 atom stereocenters. The van der Waals surface area contributed by atoms with E-state index in [2.05, 4.69) is 5.32 Å². The Bertz CT molecular complexity index is 860. The average Bonchev–Trinajstić information content (AvgIpc) is 2.52. The summed E-state index contributed by atoms with van der Waals surface area (Å²) in [6.45, 7) is 5.21. The fraction of sp³-hybridized carbons (Fsp3) is 0.294. The summed E-state index contributed by atoms with van der Waals surface area (Å²) >= 11 is 0. The zero-order valence-corrected chi connectivity index (χ0v) is 13.5. The summed E-state index contributed by atoms with van der Waals surface area (Å²) in [5.74, 6) is -4.95. The molecule has 0 aliphatic rings. The number of hydrogen-bond acceptors (Lipinski definition) is 2. The third kappa shape index (κ3) is 3.20. The van der Waals surface area contributed by atoms with Crippen molar-refractivity contribution in [3.63, 3.8) is 0 Å². The Morgan fingerprint density at radius 3 is 2.46 bits per heavy atom. The third-order valence-corrected chi connectivity index (χ3v) is 3.80. The van der Waals surface area contributed by atoms with E-state index >= 15 is 0 Å². The fourth-order valence-corrected chi connectivity index (χ4v) is 2.56. The normalized spacial score (nSPS) is 10.8. The van der Waals surface area contributed by atoms with Crippen molar-refractivity contribution in [2.75, 3.05) is 0 Å². The van der Waals surface area contributed by atoms with Gasteiger partial charge in [0.15, 0.2) is 17.5 Å². The van der Waals surface area contributed by atoms with Gasteiger partial charge < -0.3 is 9.88 Å². The van der Waals surface area contributed by atoms with Gasteiger partial charge in [-0.3, -0.25) is 9.59 Å². The van der Waals surface area contributed by atoms with E-state index in [0.717, 1.165) is 17.8 Å². The van der Waals surface area contributed by atoms with Crippen LogP contribution in [0.3, 0.4) is 0 Å². The monoisotopic (exact) mass is 338 g/mol. The van der Waals surface area contributed by atoms with Gasteiger partial charge in [-0.1, -0.05) is 6.07 Å². The Morgan fingerprint density at radius 1 is 1.17 bits per heavy atom. The molecule has 1 aromatic heterocycles. The second kappa shape index (κ2) is 6.90. The molecule has 0 radical (unpaired) electrons. The van der Waals surface area contributed by atoms with Crippen LogP contribution in [-0.2, 0) is 13.1 Å². The van der Waals surface area contributed by atoms with Gasteiger partial charge in [-0.2, -0.15) is 0 Å². The number of nitrogens with one attached hydrogen (secondary N) is 1. The standard InChI is InChI=1S/C17H17F3N2O2/c1-4-22-10(3)7-9(2)13(17(22)24)16(23)21-8-11-5-6-12(18)15(20)14(11)19/h5-7H,4,8H2,1-3H3,(H,21,23). The summed E-state index contributed by atoms with van der Waals surface area (Å²) in [5.41, 5.74) is 0.514. The fourth-order valence-electron chi connectivity index (χ4n) is 2.56. The molecule has 0 aliphatic carbocycles. The highest BCUT2D eigenvalue weighted by atomic mass is 19.2. The minimum Gasteiger partial charge on any atom is -0.348 e. The van der Waals surface area contributed by atoms with E-state index in [1.807, 2.05) is 0 Å². The molecule has 0 spiro atoms. The number of pyridine rings is 1. The summed E-state index contributed by atoms with van der Waals surface area (Å²) in [6.07, 6.45) is 0. The summed E-state index contributed by atoms with van der Waals surface area (Å²) in [4.78, 5) is 24.7. The molecule has 1 N–H and O–H groups in total. The van der Waals surface area contributed by atoms with Crippen molar-refractivity contribution < 1.29 is 18.0 Å². The maximum atomic E-state index is 13.6. The molecule has 4 nitrogen and oxygen atoms in total. The summed E-state index contributed by atoms with van der Waals surface area (Å²) in [5, 5.41) is 2.37. The number of carbonyl (C=O) groups is 1. The zero-order chi connectivity index (χ0) is 18.0. The van der Waals surface area contributed by atoms with Gasteiger partial charge in [-0.15, -0.1) is 0 Å². The van der Waals surface area contributed by atoms with E-state index in [-0.39, 0.29) is 17.7 Å². The molecule has 0 aliphatic heterocycles. The highest BCUT2D eigenvalue weighted by Gasteiger charge is 2.18. The van der Waals surface area contributed by atoms with Crippen LogP contribution in [0.5, 0.6) is 0 Å². The number of aromatic nitrogens is 1. The maximum absolute atomic E-state index is 13.6. The predicted octanol–water partition coefficient (Wildman–Crippen LogP) is 2.83. The molecule has 2 aromatic rings. The van der Waals surface area contributed by atoms with Crippen LogP contribution < -0.4 is 10.9 Å². The molecule has 1 aromatic carbocycles. The van der Waals surface area contributed by atoms with Crippen molar-refractivity contribution in [1.29, 1.82) is 0 Å². The molecule has 0 fully saturated rings. The van der Waals surface area contributed by atoms with Gasteiger partial charge in [0.2, 0.25) is 0 Å². The van der Waals surface area contributed by atoms with Crippen LogP contribution in [0, 0.1) is 31.3 Å². The van der Waals surface area contributed by atoms with Crippen LogP contribution in [0.25, 0.3) is 0 Å². The van der Waals surface area contributed by atoms with E-state index in [9.17, 15) is 22.8 Å². The molecule has 24 heavy (non-hydrogen) atoms. The number of carbonyl (C=O) groups excluding carboxylic acids is 1. The number of halogens is 3. The third-order valence-electron chi connectivity index (χ3n) is 3.80. The first-order valence-corrected chi connectivity index (χ1v) is 7.39. The summed E-state index contributed by atoms with van der Waals surface area (Å²) in [7, 11) is 0. The van der Waals surface area contributed by atoms with E-state index in [1.54, 1.807) is 26.8 Å². The predicted molar refractivity (Wildman–Crippen MR) is 83.3 cm³/mol. The Balaban J connectivity index is 2.29. The van der Waals surface area contributed by atoms with Crippen LogP contribution in [-0.4, -0.2) is 10.5 Å². The largest absolute Gasteiger partial charge is 0.348 e. The van der Waals surface area contributed by atoms with Gasteiger partial charge in [0.1, 0.15) is 5.56 Å². The van der Waals surface area contributed by atoms with Crippen molar-refractivity contribution in [3.8, 4) is 0 Å². The molecule has 0 unspecified atom stereocenters. The van der Waals surface area contributed by atoms with Crippen molar-refractivity contribution in [1.82, 2.24) is 9.88 Å². The average molecular weight is 338 g/mol. The molecule has 7 heteroatoms. The molecular weight excluding hydrogens is 321 g/mol. The number of hydrogen-bond donors (Lipinski definition) is 1. The summed E-state index contributed by atoms with van der Waals surface area (Å²) in [6, 6.07) is 3.53. The molecule has 1 heterocycles. The molecule has 1 amide bonds. The highest BCUT2D eigenvalue weighted by Crippen LogP contribution is 2.15. The minimum absolute atomic E-state index is 0.0505. The molecule has 0 saturated carbocycles. The van der Waals surface area contributed by atoms with Crippen molar-refractivity contribution >= 4 is 5.91 Å². The first-order chi connectivity index (χ1) is 11.3. The molecule has 128 valence electrons. The first-order valence-electron chi connectivity index (χ1n) is 7.39. The van der Waals surface area contributed by atoms with E-state index in [0.29, 0.717) is 12.1 Å². The molecule has 0 saturated heterocycles. The molecular formula is C17H17F3N2O2. The number of amides is 1. The van der Waals surface area contributed by atoms with E-state index in [1.165, 1.54) is 4.57 Å². The topological polar surface area (TPSA) is 51.1 Å². The molecule has 2 rings (SSSR count). The molecule has 0 bridgehead atoms. The van der Waals surface area contributed by atoms with Gasteiger partial charge >= 0.3 is 0 Å². The lowest BCUT2D eigenvalue weighted by Crippen LogP contribution is -2.34. The zero-order valence-electron chi connectivity index (χ0n) is 13.5. The second-order valence-electron chi connectivity index (χ2n) is 5.41. The van der Waals surface area contributed by atoms with E-state index < -0.39 is 28.9 Å². The number of rotatable bonds is 4. The van der Waals surface area contributed by atoms with Crippen molar-refractivity contribution in [3.05, 3.63) is 68.4 Å². The van der Waals surface area contributed by atoms with Gasteiger partial charge in [0, 0.05) is 24.3 Å². The first kappa shape index (κ1) is 17.8. The van der Waals surface area contributed by atoms with Crippen LogP contribution in [0.15, 0.2) is 23.0 Å². The van der Waals surface area contributed by atoms with Gasteiger partial charge in [0.05, 0.1) is 0 Å². The Labute approximate surface area is 136 Å². The lowest BCUT2D eigenvalue weighted by atomic mass is 10.1. The Hall–Kier alpha value is -2.57.